The summed E-state index contributed by atoms with van der Waals surface area (Å²) in [6.45, 7) is 5.24. The zero-order chi connectivity index (χ0) is 20.8. The van der Waals surface area contributed by atoms with Gasteiger partial charge in [-0.1, -0.05) is 12.1 Å². The van der Waals surface area contributed by atoms with Crippen LogP contribution in [0.4, 0.5) is 0 Å². The molecule has 0 saturated carbocycles. The Balaban J connectivity index is 2.77. The fourth-order valence-electron chi connectivity index (χ4n) is 3.11. The highest BCUT2D eigenvalue weighted by molar-refractivity contribution is 5.99. The first-order valence-corrected chi connectivity index (χ1v) is 8.84. The summed E-state index contributed by atoms with van der Waals surface area (Å²) in [6.07, 6.45) is 0. The zero-order valence-electron chi connectivity index (χ0n) is 16.7. The second kappa shape index (κ2) is 9.16. The molecule has 1 aliphatic heterocycles. The molecule has 0 aromatic heterocycles. The Kier molecular flexibility index (Phi) is 6.92. The number of ether oxygens (including phenoxy) is 5. The molecule has 0 spiro atoms. The minimum Gasteiger partial charge on any atom is -0.493 e. The van der Waals surface area contributed by atoms with Crippen molar-refractivity contribution in [1.82, 2.24) is 0 Å². The van der Waals surface area contributed by atoms with Gasteiger partial charge in [-0.3, -0.25) is 0 Å². The van der Waals surface area contributed by atoms with Crippen LogP contribution >= 0.6 is 0 Å². The van der Waals surface area contributed by atoms with Crippen LogP contribution in [0.2, 0.25) is 0 Å². The second-order valence-electron chi connectivity index (χ2n) is 5.81. The predicted octanol–water partition coefficient (Wildman–Crippen LogP) is 2.39. The number of rotatable bonds is 7. The summed E-state index contributed by atoms with van der Waals surface area (Å²) in [4.78, 5) is 25.4. The molecule has 1 heterocycles. The molecule has 1 atom stereocenters. The number of carbonyl (C=O) groups is 2. The third-order valence-electron chi connectivity index (χ3n) is 4.22. The quantitative estimate of drug-likeness (QED) is 0.706. The molecule has 0 fully saturated rings. The summed E-state index contributed by atoms with van der Waals surface area (Å²) in [5.74, 6) is -1.32. The van der Waals surface area contributed by atoms with Crippen molar-refractivity contribution in [1.29, 1.82) is 0 Å². The summed E-state index contributed by atoms with van der Waals surface area (Å²) in [7, 11) is 2.97. The maximum absolute atomic E-state index is 12.7. The van der Waals surface area contributed by atoms with Crippen molar-refractivity contribution in [3.63, 3.8) is 0 Å². The smallest absolute Gasteiger partial charge is 0.340 e. The van der Waals surface area contributed by atoms with Crippen LogP contribution in [-0.2, 0) is 23.8 Å². The lowest BCUT2D eigenvalue weighted by atomic mass is 9.82. The molecule has 1 aromatic carbocycles. The van der Waals surface area contributed by atoms with Crippen LogP contribution in [0.1, 0.15) is 32.3 Å². The molecule has 2 rings (SSSR count). The third kappa shape index (κ3) is 3.90. The molecule has 8 heteroatoms. The van der Waals surface area contributed by atoms with Gasteiger partial charge >= 0.3 is 11.9 Å². The van der Waals surface area contributed by atoms with E-state index in [9.17, 15) is 9.59 Å². The second-order valence-corrected chi connectivity index (χ2v) is 5.81. The van der Waals surface area contributed by atoms with Gasteiger partial charge in [-0.25, -0.2) is 9.59 Å². The van der Waals surface area contributed by atoms with Gasteiger partial charge in [0.05, 0.1) is 38.9 Å². The highest BCUT2D eigenvalue weighted by Gasteiger charge is 2.41. The van der Waals surface area contributed by atoms with Gasteiger partial charge in [0.2, 0.25) is 5.88 Å². The monoisotopic (exact) mass is 391 g/mol. The summed E-state index contributed by atoms with van der Waals surface area (Å²) >= 11 is 0. The molecule has 0 unspecified atom stereocenters. The number of benzene rings is 1. The van der Waals surface area contributed by atoms with Crippen LogP contribution in [0.3, 0.4) is 0 Å². The van der Waals surface area contributed by atoms with Crippen LogP contribution in [0.15, 0.2) is 41.0 Å². The molecule has 0 bridgehead atoms. The molecule has 8 nitrogen and oxygen atoms in total. The van der Waals surface area contributed by atoms with Gasteiger partial charge < -0.3 is 29.4 Å². The molecule has 28 heavy (non-hydrogen) atoms. The van der Waals surface area contributed by atoms with E-state index in [1.807, 2.05) is 0 Å². The van der Waals surface area contributed by atoms with Gasteiger partial charge in [-0.2, -0.15) is 0 Å². The maximum atomic E-state index is 12.7. The fraction of sp³-hybridized carbons (Fsp3) is 0.400. The van der Waals surface area contributed by atoms with Crippen molar-refractivity contribution in [2.24, 2.45) is 5.73 Å². The van der Waals surface area contributed by atoms with Crippen LogP contribution in [0.25, 0.3) is 0 Å². The van der Waals surface area contributed by atoms with Crippen LogP contribution in [0.5, 0.6) is 11.5 Å². The lowest BCUT2D eigenvalue weighted by Gasteiger charge is -2.29. The van der Waals surface area contributed by atoms with E-state index in [1.54, 1.807) is 39.0 Å². The van der Waals surface area contributed by atoms with Crippen molar-refractivity contribution in [3.8, 4) is 11.5 Å². The Labute approximate surface area is 163 Å². The number of nitrogens with two attached hydrogens (primary N) is 1. The predicted molar refractivity (Wildman–Crippen MR) is 101 cm³/mol. The molecule has 1 aromatic rings. The number of hydrogen-bond acceptors (Lipinski definition) is 8. The maximum Gasteiger partial charge on any atom is 0.340 e. The molecule has 1 aliphatic rings. The van der Waals surface area contributed by atoms with Gasteiger partial charge in [-0.05, 0) is 26.8 Å². The standard InChI is InChI=1S/C20H25NO7/c1-6-26-19(22)14-11(3)28-18(21)16(20(23)27-7-2)15(14)12-9-8-10-13(24-4)17(12)25-5/h8-10,15H,6-7,21H2,1-5H3/t15-/m1/s1. The van der Waals surface area contributed by atoms with Crippen molar-refractivity contribution in [2.75, 3.05) is 27.4 Å². The van der Waals surface area contributed by atoms with E-state index in [-0.39, 0.29) is 36.0 Å². The highest BCUT2D eigenvalue weighted by atomic mass is 16.5. The van der Waals surface area contributed by atoms with Gasteiger partial charge in [0, 0.05) is 5.56 Å². The first-order valence-electron chi connectivity index (χ1n) is 8.84. The molecule has 0 saturated heterocycles. The van der Waals surface area contributed by atoms with E-state index in [1.165, 1.54) is 14.2 Å². The van der Waals surface area contributed by atoms with Crippen molar-refractivity contribution in [3.05, 3.63) is 46.6 Å². The summed E-state index contributed by atoms with van der Waals surface area (Å²) in [6, 6.07) is 5.15. The van der Waals surface area contributed by atoms with Gasteiger partial charge in [0.1, 0.15) is 11.3 Å². The summed E-state index contributed by atoms with van der Waals surface area (Å²) in [5, 5.41) is 0. The molecule has 152 valence electrons. The van der Waals surface area contributed by atoms with E-state index in [2.05, 4.69) is 0 Å². The highest BCUT2D eigenvalue weighted by Crippen LogP contribution is 2.46. The normalized spacial score (nSPS) is 16.4. The Morgan fingerprint density at radius 3 is 2.18 bits per heavy atom. The number of carbonyl (C=O) groups excluding carboxylic acids is 2. The number of hydrogen-bond donors (Lipinski definition) is 1. The van der Waals surface area contributed by atoms with Crippen molar-refractivity contribution in [2.45, 2.75) is 26.7 Å². The molecule has 0 aliphatic carbocycles. The first-order chi connectivity index (χ1) is 13.4. The number of esters is 2. The molecular formula is C20H25NO7. The first kappa shape index (κ1) is 21.1. The van der Waals surface area contributed by atoms with E-state index in [0.29, 0.717) is 17.1 Å². The number of allylic oxidation sites excluding steroid dienone is 1. The largest absolute Gasteiger partial charge is 0.493 e. The fourth-order valence-corrected chi connectivity index (χ4v) is 3.11. The van der Waals surface area contributed by atoms with Crippen LogP contribution in [0, 0.1) is 0 Å². The Bertz CT molecular complexity index is 786. The minimum atomic E-state index is -0.906. The van der Waals surface area contributed by atoms with E-state index in [0.717, 1.165) is 0 Å². The zero-order valence-corrected chi connectivity index (χ0v) is 16.7. The topological polar surface area (TPSA) is 106 Å². The van der Waals surface area contributed by atoms with Gasteiger partial charge in [-0.15, -0.1) is 0 Å². The molecular weight excluding hydrogens is 366 g/mol. The lowest BCUT2D eigenvalue weighted by molar-refractivity contribution is -0.140. The minimum absolute atomic E-state index is 0.00190. The SMILES string of the molecule is CCOC(=O)C1=C(C)OC(N)=C(C(=O)OCC)[C@@H]1c1cccc(OC)c1OC. The average Bonchev–Trinajstić information content (AvgIpc) is 2.66. The summed E-state index contributed by atoms with van der Waals surface area (Å²) in [5.41, 5.74) is 6.67. The molecule has 0 amide bonds. The summed E-state index contributed by atoms with van der Waals surface area (Å²) < 4.78 is 26.7. The molecule has 0 radical (unpaired) electrons. The average molecular weight is 391 g/mol. The van der Waals surface area contributed by atoms with Gasteiger partial charge in [0.15, 0.2) is 11.5 Å². The Morgan fingerprint density at radius 1 is 1.04 bits per heavy atom. The third-order valence-corrected chi connectivity index (χ3v) is 4.22. The lowest BCUT2D eigenvalue weighted by Crippen LogP contribution is -2.30. The number of para-hydroxylation sites is 1. The Morgan fingerprint density at radius 2 is 1.64 bits per heavy atom. The molecule has 2 N–H and O–H groups in total. The van der Waals surface area contributed by atoms with E-state index in [4.69, 9.17) is 29.4 Å². The van der Waals surface area contributed by atoms with Gasteiger partial charge in [0.25, 0.3) is 0 Å². The number of methoxy groups -OCH3 is 2. The van der Waals surface area contributed by atoms with Crippen molar-refractivity contribution >= 4 is 11.9 Å². The van der Waals surface area contributed by atoms with Crippen LogP contribution in [-0.4, -0.2) is 39.4 Å². The van der Waals surface area contributed by atoms with Crippen LogP contribution < -0.4 is 15.2 Å². The van der Waals surface area contributed by atoms with E-state index >= 15 is 0 Å². The van der Waals surface area contributed by atoms with Crippen molar-refractivity contribution < 1.29 is 33.3 Å². The Hall–Kier alpha value is -3.16. The van der Waals surface area contributed by atoms with E-state index < -0.39 is 17.9 Å².